The normalized spacial score (nSPS) is 13.8. The molecule has 0 amide bonds. The summed E-state index contributed by atoms with van der Waals surface area (Å²) in [5.41, 5.74) is 13.8. The molecule has 1 aliphatic heterocycles. The Kier molecular flexibility index (Phi) is 6.25. The second-order valence-corrected chi connectivity index (χ2v) is 17.3. The summed E-state index contributed by atoms with van der Waals surface area (Å²) in [5.74, 6) is 0. The van der Waals surface area contributed by atoms with Crippen molar-refractivity contribution in [3.05, 3.63) is 210 Å². The summed E-state index contributed by atoms with van der Waals surface area (Å²) < 4.78 is 5.20. The summed E-state index contributed by atoms with van der Waals surface area (Å²) >= 11 is 3.77. The van der Waals surface area contributed by atoms with Crippen LogP contribution in [0.4, 0.5) is 0 Å². The number of nitrogens with zero attached hydrogens (tertiary/aromatic N) is 1. The van der Waals surface area contributed by atoms with Crippen LogP contribution in [0.25, 0.3) is 80.7 Å². The third-order valence-corrected chi connectivity index (χ3v) is 14.8. The van der Waals surface area contributed by atoms with Gasteiger partial charge in [-0.15, -0.1) is 11.3 Å². The molecule has 2 aliphatic rings. The van der Waals surface area contributed by atoms with E-state index in [0.29, 0.717) is 0 Å². The van der Waals surface area contributed by atoms with Gasteiger partial charge in [-0.25, -0.2) is 0 Å². The van der Waals surface area contributed by atoms with E-state index < -0.39 is 5.41 Å². The van der Waals surface area contributed by atoms with Crippen LogP contribution >= 0.6 is 23.1 Å². The van der Waals surface area contributed by atoms with Crippen molar-refractivity contribution in [2.24, 2.45) is 0 Å². The summed E-state index contributed by atoms with van der Waals surface area (Å²) in [5, 5.41) is 7.70. The minimum Gasteiger partial charge on any atom is -0.309 e. The molecule has 1 spiro atoms. The lowest BCUT2D eigenvalue weighted by Gasteiger charge is -2.39. The molecule has 3 heteroatoms. The Balaban J connectivity index is 1.11. The number of thiophene rings is 1. The number of para-hydroxylation sites is 1. The molecule has 0 N–H and O–H groups in total. The van der Waals surface area contributed by atoms with Crippen molar-refractivity contribution in [3.63, 3.8) is 0 Å². The van der Waals surface area contributed by atoms with Gasteiger partial charge in [-0.1, -0.05) is 145 Å². The van der Waals surface area contributed by atoms with Crippen LogP contribution in [0.3, 0.4) is 0 Å². The Labute approximate surface area is 332 Å². The molecule has 3 heterocycles. The minimum atomic E-state index is -0.434. The van der Waals surface area contributed by atoms with Gasteiger partial charge in [0.1, 0.15) is 0 Å². The Hall–Kier alpha value is -6.39. The number of fused-ring (bicyclic) bond motifs is 16. The van der Waals surface area contributed by atoms with Crippen molar-refractivity contribution >= 4 is 75.8 Å². The van der Waals surface area contributed by atoms with Gasteiger partial charge in [-0.3, -0.25) is 0 Å². The molecule has 0 unspecified atom stereocenters. The molecule has 56 heavy (non-hydrogen) atoms. The number of hydrogen-bond donors (Lipinski definition) is 0. The van der Waals surface area contributed by atoms with Crippen LogP contribution in [0.1, 0.15) is 22.3 Å². The van der Waals surface area contributed by atoms with Crippen molar-refractivity contribution in [1.82, 2.24) is 4.57 Å². The lowest BCUT2D eigenvalue weighted by Crippen LogP contribution is -2.31. The van der Waals surface area contributed by atoms with E-state index in [1.807, 2.05) is 23.1 Å². The van der Waals surface area contributed by atoms with Crippen molar-refractivity contribution in [1.29, 1.82) is 0 Å². The largest absolute Gasteiger partial charge is 0.309 e. The molecular weight excluding hydrogens is 715 g/mol. The fraction of sp³-hybridized carbons (Fsp3) is 0.0189. The molecule has 0 bridgehead atoms. The zero-order chi connectivity index (χ0) is 36.5. The van der Waals surface area contributed by atoms with E-state index in [0.717, 1.165) is 0 Å². The molecule has 9 aromatic carbocycles. The van der Waals surface area contributed by atoms with E-state index in [-0.39, 0.29) is 0 Å². The Bertz CT molecular complexity index is 3430. The highest BCUT2D eigenvalue weighted by Gasteiger charge is 2.50. The first-order chi connectivity index (χ1) is 27.8. The van der Waals surface area contributed by atoms with Gasteiger partial charge < -0.3 is 4.57 Å². The standard InChI is InChI=1S/C53H31NS2/c1-4-19-42-35(13-1)39-30-40-37-14-2-7-22-46(37)54(48(40)31-45(39)53(42)43-20-5-9-25-51(43)56-52-26-10-6-21-44(52)53)47-23-12-17-34-33(16-11-18-36(34)47)32-27-28-50-41(29-32)38-15-3-8-24-49(38)55-50/h1-31H. The number of benzene rings is 9. The molecule has 0 radical (unpaired) electrons. The van der Waals surface area contributed by atoms with E-state index in [9.17, 15) is 0 Å². The summed E-state index contributed by atoms with van der Waals surface area (Å²) in [6.07, 6.45) is 0. The Morgan fingerprint density at radius 1 is 0.357 bits per heavy atom. The first-order valence-corrected chi connectivity index (χ1v) is 20.9. The molecule has 0 saturated heterocycles. The fourth-order valence-electron chi connectivity index (χ4n) is 10.2. The van der Waals surface area contributed by atoms with Crippen LogP contribution in [0.15, 0.2) is 198 Å². The third-order valence-electron chi connectivity index (χ3n) is 12.5. The van der Waals surface area contributed by atoms with Gasteiger partial charge in [0, 0.05) is 46.1 Å². The van der Waals surface area contributed by atoms with Crippen molar-refractivity contribution in [2.75, 3.05) is 0 Å². The summed E-state index contributed by atoms with van der Waals surface area (Å²) in [6.45, 7) is 0. The van der Waals surface area contributed by atoms with Gasteiger partial charge in [-0.2, -0.15) is 0 Å². The monoisotopic (exact) mass is 745 g/mol. The second-order valence-electron chi connectivity index (χ2n) is 15.1. The molecule has 1 nitrogen and oxygen atoms in total. The average Bonchev–Trinajstić information content (AvgIpc) is 3.89. The van der Waals surface area contributed by atoms with E-state index in [1.54, 1.807) is 0 Å². The first-order valence-electron chi connectivity index (χ1n) is 19.3. The summed E-state index contributed by atoms with van der Waals surface area (Å²) in [4.78, 5) is 2.65. The van der Waals surface area contributed by atoms with Crippen LogP contribution in [-0.4, -0.2) is 4.57 Å². The minimum absolute atomic E-state index is 0.434. The number of rotatable bonds is 2. The van der Waals surface area contributed by atoms with Crippen LogP contribution in [0.2, 0.25) is 0 Å². The maximum atomic E-state index is 2.55. The number of hydrogen-bond acceptors (Lipinski definition) is 2. The predicted octanol–water partition coefficient (Wildman–Crippen LogP) is 14.8. The Morgan fingerprint density at radius 3 is 1.86 bits per heavy atom. The van der Waals surface area contributed by atoms with Gasteiger partial charge in [0.15, 0.2) is 0 Å². The van der Waals surface area contributed by atoms with Gasteiger partial charge in [0.2, 0.25) is 0 Å². The van der Waals surface area contributed by atoms with Crippen molar-refractivity contribution < 1.29 is 0 Å². The van der Waals surface area contributed by atoms with Gasteiger partial charge in [0.05, 0.1) is 22.1 Å². The van der Waals surface area contributed by atoms with Gasteiger partial charge in [0.25, 0.3) is 0 Å². The van der Waals surface area contributed by atoms with Crippen LogP contribution in [0, 0.1) is 0 Å². The van der Waals surface area contributed by atoms with Crippen LogP contribution in [-0.2, 0) is 5.41 Å². The maximum Gasteiger partial charge on any atom is 0.0736 e. The average molecular weight is 746 g/mol. The van der Waals surface area contributed by atoms with E-state index in [1.165, 1.54) is 113 Å². The summed E-state index contributed by atoms with van der Waals surface area (Å²) in [7, 11) is 0. The van der Waals surface area contributed by atoms with Crippen molar-refractivity contribution in [3.8, 4) is 27.9 Å². The molecule has 1 aliphatic carbocycles. The zero-order valence-corrected chi connectivity index (χ0v) is 31.8. The third kappa shape index (κ3) is 3.96. The van der Waals surface area contributed by atoms with Gasteiger partial charge in [-0.05, 0) is 104 Å². The lowest BCUT2D eigenvalue weighted by atomic mass is 9.67. The molecule has 0 saturated carbocycles. The van der Waals surface area contributed by atoms with E-state index >= 15 is 0 Å². The topological polar surface area (TPSA) is 4.93 Å². The number of aromatic nitrogens is 1. The van der Waals surface area contributed by atoms with E-state index in [4.69, 9.17) is 0 Å². The molecule has 0 fully saturated rings. The smallest absolute Gasteiger partial charge is 0.0736 e. The predicted molar refractivity (Wildman–Crippen MR) is 238 cm³/mol. The highest BCUT2D eigenvalue weighted by Crippen LogP contribution is 2.63. The molecular formula is C53H31NS2. The SMILES string of the molecule is c1ccc2c(c1)Sc1ccccc1C21c2ccccc2-c2cc3c4ccccc4n(-c4cccc5c(-c6ccc7sc8ccccc8c7c6)cccc45)c3cc21. The first kappa shape index (κ1) is 30.9. The molecule has 13 rings (SSSR count). The summed E-state index contributed by atoms with van der Waals surface area (Å²) in [6, 6.07) is 70.8. The molecule has 11 aromatic rings. The van der Waals surface area contributed by atoms with Crippen molar-refractivity contribution in [2.45, 2.75) is 15.2 Å². The molecule has 0 atom stereocenters. The quantitative estimate of drug-likeness (QED) is 0.171. The molecule has 260 valence electrons. The zero-order valence-electron chi connectivity index (χ0n) is 30.2. The maximum absolute atomic E-state index is 2.55. The molecule has 2 aromatic heterocycles. The fourth-order valence-corrected chi connectivity index (χ4v) is 12.5. The Morgan fingerprint density at radius 2 is 1.00 bits per heavy atom. The van der Waals surface area contributed by atoms with Crippen LogP contribution < -0.4 is 0 Å². The highest BCUT2D eigenvalue weighted by molar-refractivity contribution is 7.99. The lowest BCUT2D eigenvalue weighted by molar-refractivity contribution is 0.723. The highest BCUT2D eigenvalue weighted by atomic mass is 32.2. The van der Waals surface area contributed by atoms with Crippen LogP contribution in [0.5, 0.6) is 0 Å². The van der Waals surface area contributed by atoms with Gasteiger partial charge >= 0.3 is 0 Å². The second kappa shape index (κ2) is 11.3. The van der Waals surface area contributed by atoms with E-state index in [2.05, 4.69) is 193 Å².